The summed E-state index contributed by atoms with van der Waals surface area (Å²) in [6.07, 6.45) is 0.247. The molecule has 0 spiro atoms. The fraction of sp³-hybridized carbons (Fsp3) is 0.136. The molecule has 0 saturated heterocycles. The smallest absolute Gasteiger partial charge is 0.329 e. The molecule has 1 atom stereocenters. The molecule has 1 heterocycles. The monoisotopic (exact) mass is 427 g/mol. The molecule has 0 fully saturated rings. The molecule has 29 heavy (non-hydrogen) atoms. The molecule has 3 aromatic rings. The Morgan fingerprint density at radius 2 is 1.59 bits per heavy atom. The fourth-order valence-corrected chi connectivity index (χ4v) is 3.61. The van der Waals surface area contributed by atoms with Gasteiger partial charge in [0, 0.05) is 12.0 Å². The Morgan fingerprint density at radius 3 is 2.21 bits per heavy atom. The highest BCUT2D eigenvalue weighted by molar-refractivity contribution is 7.18. The topological polar surface area (TPSA) is 72.5 Å². The molecule has 5 nitrogen and oxygen atoms in total. The summed E-state index contributed by atoms with van der Waals surface area (Å²) in [6, 6.07) is 20.1. The summed E-state index contributed by atoms with van der Waals surface area (Å²) in [5.74, 6) is -1.41. The van der Waals surface area contributed by atoms with E-state index in [1.165, 1.54) is 0 Å². The summed E-state index contributed by atoms with van der Waals surface area (Å²) in [6.45, 7) is -0.415. The third-order valence-electron chi connectivity index (χ3n) is 4.10. The number of amides is 1. The van der Waals surface area contributed by atoms with Gasteiger partial charge in [-0.3, -0.25) is 9.59 Å². The van der Waals surface area contributed by atoms with E-state index in [0.717, 1.165) is 16.9 Å². The van der Waals surface area contributed by atoms with Crippen LogP contribution in [0, 0.1) is 0 Å². The minimum absolute atomic E-state index is 0.247. The third kappa shape index (κ3) is 6.01. The van der Waals surface area contributed by atoms with E-state index < -0.39 is 18.6 Å². The zero-order chi connectivity index (χ0) is 20.6. The van der Waals surface area contributed by atoms with E-state index in [2.05, 4.69) is 5.32 Å². The molecular formula is C22H18ClNO4S. The second-order valence-corrected chi connectivity index (χ2v) is 7.93. The number of carbonyl (C=O) groups excluding carboxylic acids is 3. The Labute approximate surface area is 177 Å². The van der Waals surface area contributed by atoms with Crippen LogP contribution in [0.2, 0.25) is 4.34 Å². The summed E-state index contributed by atoms with van der Waals surface area (Å²) in [5.41, 5.74) is 1.29. The first-order valence-electron chi connectivity index (χ1n) is 8.88. The van der Waals surface area contributed by atoms with Crippen LogP contribution >= 0.6 is 22.9 Å². The van der Waals surface area contributed by atoms with Crippen molar-refractivity contribution in [3.8, 4) is 0 Å². The molecule has 1 aromatic heterocycles. The molecule has 0 unspecified atom stereocenters. The Bertz CT molecular complexity index is 988. The molecule has 2 aromatic carbocycles. The highest BCUT2D eigenvalue weighted by atomic mass is 35.5. The average molecular weight is 428 g/mol. The van der Waals surface area contributed by atoms with Crippen LogP contribution in [0.3, 0.4) is 0 Å². The molecule has 0 aliphatic carbocycles. The minimum Gasteiger partial charge on any atom is -0.456 e. The lowest BCUT2D eigenvalue weighted by molar-refractivity contribution is -0.144. The molecular weight excluding hydrogens is 410 g/mol. The van der Waals surface area contributed by atoms with Crippen LogP contribution in [0.5, 0.6) is 0 Å². The van der Waals surface area contributed by atoms with Crippen LogP contribution in [0.1, 0.15) is 25.6 Å². The maximum absolute atomic E-state index is 12.6. The molecule has 0 saturated carbocycles. The fourth-order valence-electron chi connectivity index (χ4n) is 2.65. The van der Waals surface area contributed by atoms with Gasteiger partial charge in [-0.05, 0) is 29.8 Å². The van der Waals surface area contributed by atoms with Gasteiger partial charge in [0.2, 0.25) is 5.78 Å². The van der Waals surface area contributed by atoms with E-state index in [1.807, 2.05) is 30.3 Å². The lowest BCUT2D eigenvalue weighted by Gasteiger charge is -2.18. The largest absolute Gasteiger partial charge is 0.456 e. The maximum Gasteiger partial charge on any atom is 0.329 e. The van der Waals surface area contributed by atoms with Gasteiger partial charge in [-0.25, -0.2) is 4.79 Å². The number of thiophene rings is 1. The number of carbonyl (C=O) groups is 3. The molecule has 1 N–H and O–H groups in total. The zero-order valence-corrected chi connectivity index (χ0v) is 16.9. The van der Waals surface area contributed by atoms with Gasteiger partial charge in [0.05, 0.1) is 9.21 Å². The van der Waals surface area contributed by atoms with E-state index in [4.69, 9.17) is 16.3 Å². The van der Waals surface area contributed by atoms with Gasteiger partial charge in [-0.1, -0.05) is 60.1 Å². The van der Waals surface area contributed by atoms with Crippen molar-refractivity contribution in [1.29, 1.82) is 0 Å². The number of benzene rings is 2. The lowest BCUT2D eigenvalue weighted by Crippen LogP contribution is -2.43. The summed E-state index contributed by atoms with van der Waals surface area (Å²) < 4.78 is 5.68. The second-order valence-electron chi connectivity index (χ2n) is 6.22. The Kier molecular flexibility index (Phi) is 7.16. The summed E-state index contributed by atoms with van der Waals surface area (Å²) >= 11 is 6.96. The lowest BCUT2D eigenvalue weighted by atomic mass is 10.1. The van der Waals surface area contributed by atoms with Gasteiger partial charge in [0.25, 0.3) is 5.91 Å². The molecule has 0 bridgehead atoms. The van der Waals surface area contributed by atoms with Crippen molar-refractivity contribution in [2.75, 3.05) is 6.61 Å². The number of ether oxygens (including phenoxy) is 1. The average Bonchev–Trinajstić information content (AvgIpc) is 3.19. The molecule has 0 radical (unpaired) electrons. The van der Waals surface area contributed by atoms with Gasteiger partial charge >= 0.3 is 5.97 Å². The number of Topliss-reactive ketones (excluding diaryl/α,β-unsaturated/α-hetero) is 1. The Morgan fingerprint density at radius 1 is 0.931 bits per heavy atom. The third-order valence-corrected chi connectivity index (χ3v) is 5.37. The molecule has 0 aliphatic rings. The van der Waals surface area contributed by atoms with Crippen molar-refractivity contribution < 1.29 is 19.1 Å². The molecule has 7 heteroatoms. The summed E-state index contributed by atoms with van der Waals surface area (Å²) in [4.78, 5) is 37.7. The van der Waals surface area contributed by atoms with Crippen molar-refractivity contribution in [2.45, 2.75) is 12.5 Å². The van der Waals surface area contributed by atoms with Crippen molar-refractivity contribution in [3.05, 3.63) is 93.1 Å². The van der Waals surface area contributed by atoms with Crippen LogP contribution < -0.4 is 5.32 Å². The van der Waals surface area contributed by atoms with E-state index in [9.17, 15) is 14.4 Å². The Balaban J connectivity index is 1.68. The normalized spacial score (nSPS) is 11.5. The minimum atomic E-state index is -0.926. The van der Waals surface area contributed by atoms with Crippen molar-refractivity contribution >= 4 is 40.6 Å². The number of ketones is 1. The van der Waals surface area contributed by atoms with Crippen molar-refractivity contribution in [2.24, 2.45) is 0 Å². The number of esters is 1. The highest BCUT2D eigenvalue weighted by Crippen LogP contribution is 2.21. The van der Waals surface area contributed by atoms with Crippen LogP contribution in [0.4, 0.5) is 0 Å². The number of rotatable bonds is 8. The first kappa shape index (κ1) is 20.8. The number of halogens is 1. The maximum atomic E-state index is 12.6. The van der Waals surface area contributed by atoms with Crippen LogP contribution in [0.25, 0.3) is 0 Å². The first-order valence-corrected chi connectivity index (χ1v) is 10.1. The van der Waals surface area contributed by atoms with Crippen molar-refractivity contribution in [3.63, 3.8) is 0 Å². The molecule has 1 amide bonds. The molecule has 0 aliphatic heterocycles. The van der Waals surface area contributed by atoms with Gasteiger partial charge in [-0.2, -0.15) is 0 Å². The quantitative estimate of drug-likeness (QED) is 0.432. The van der Waals surface area contributed by atoms with E-state index in [1.54, 1.807) is 42.5 Å². The van der Waals surface area contributed by atoms with Gasteiger partial charge < -0.3 is 10.1 Å². The number of hydrogen-bond acceptors (Lipinski definition) is 5. The van der Waals surface area contributed by atoms with E-state index >= 15 is 0 Å². The molecule has 148 valence electrons. The first-order chi connectivity index (χ1) is 14.0. The Hall–Kier alpha value is -2.96. The van der Waals surface area contributed by atoms with E-state index in [-0.39, 0.29) is 18.1 Å². The summed E-state index contributed by atoms with van der Waals surface area (Å²) in [5, 5.41) is 2.71. The zero-order valence-electron chi connectivity index (χ0n) is 15.3. The second kappa shape index (κ2) is 10.0. The summed E-state index contributed by atoms with van der Waals surface area (Å²) in [7, 11) is 0. The van der Waals surface area contributed by atoms with Gasteiger partial charge in [0.15, 0.2) is 6.61 Å². The van der Waals surface area contributed by atoms with Crippen LogP contribution in [-0.4, -0.2) is 30.3 Å². The SMILES string of the molecule is O=C(N[C@H](Cc1ccccc1)C(=O)OCC(=O)c1ccc(Cl)s1)c1ccccc1. The molecule has 3 rings (SSSR count). The van der Waals surface area contributed by atoms with E-state index in [0.29, 0.717) is 14.8 Å². The van der Waals surface area contributed by atoms with Gasteiger partial charge in [0.1, 0.15) is 6.04 Å². The van der Waals surface area contributed by atoms with Crippen molar-refractivity contribution in [1.82, 2.24) is 5.32 Å². The van der Waals surface area contributed by atoms with Crippen LogP contribution in [-0.2, 0) is 16.0 Å². The predicted molar refractivity (Wildman–Crippen MR) is 112 cm³/mol. The highest BCUT2D eigenvalue weighted by Gasteiger charge is 2.24. The van der Waals surface area contributed by atoms with Gasteiger partial charge in [-0.15, -0.1) is 11.3 Å². The number of hydrogen-bond donors (Lipinski definition) is 1. The standard InChI is InChI=1S/C22H18ClNO4S/c23-20-12-11-19(29-20)18(25)14-28-22(27)17(13-15-7-3-1-4-8-15)24-21(26)16-9-5-2-6-10-16/h1-12,17H,13-14H2,(H,24,26)/t17-/m1/s1. The number of nitrogens with one attached hydrogen (secondary N) is 1. The van der Waals surface area contributed by atoms with Crippen LogP contribution in [0.15, 0.2) is 72.8 Å². The predicted octanol–water partition coefficient (Wildman–Crippen LogP) is 4.17.